The Balaban J connectivity index is 0.00000144. The van der Waals surface area contributed by atoms with Crippen molar-refractivity contribution in [3.63, 3.8) is 0 Å². The zero-order chi connectivity index (χ0) is 9.19. The lowest BCUT2D eigenvalue weighted by atomic mass is 10.3. The molecule has 0 amide bonds. The van der Waals surface area contributed by atoms with Crippen LogP contribution in [-0.2, 0) is 0 Å². The molecule has 0 aliphatic rings. The topological polar surface area (TPSA) is 35.2 Å². The fraction of sp³-hybridized carbons (Fsp3) is 0.143. The van der Waals surface area contributed by atoms with Gasteiger partial charge < -0.3 is 10.5 Å². The fourth-order valence-corrected chi connectivity index (χ4v) is 0.578. The molecule has 2 nitrogen and oxygen atoms in total. The minimum atomic E-state index is -2.41. The van der Waals surface area contributed by atoms with Gasteiger partial charge in [-0.2, -0.15) is 0 Å². The number of ether oxygens (including phenoxy) is 1. The van der Waals surface area contributed by atoms with Crippen molar-refractivity contribution in [2.75, 3.05) is 12.8 Å². The van der Waals surface area contributed by atoms with E-state index < -0.39 is 7.04 Å². The molecule has 3 heteroatoms. The molecule has 0 unspecified atom stereocenters. The van der Waals surface area contributed by atoms with E-state index in [1.807, 2.05) is 0 Å². The first-order chi connectivity index (χ1) is 5.47. The van der Waals surface area contributed by atoms with Crippen LogP contribution < -0.4 is 10.5 Å². The molecule has 0 bridgehead atoms. The molecule has 0 atom stereocenters. The van der Waals surface area contributed by atoms with Gasteiger partial charge in [-0.15, -0.1) is 12.4 Å². The summed E-state index contributed by atoms with van der Waals surface area (Å²) in [6.45, 7) is 0. The van der Waals surface area contributed by atoms with Crippen LogP contribution in [-0.4, -0.2) is 7.04 Å². The highest BCUT2D eigenvalue weighted by Gasteiger charge is 1.87. The first-order valence-electron chi connectivity index (χ1n) is 4.02. The average Bonchev–Trinajstić information content (AvgIpc) is 1.82. The Morgan fingerprint density at radius 3 is 3.00 bits per heavy atom. The zero-order valence-electron chi connectivity index (χ0n) is 8.20. The van der Waals surface area contributed by atoms with Gasteiger partial charge in [0, 0.05) is 11.8 Å². The molecule has 0 fully saturated rings. The van der Waals surface area contributed by atoms with Crippen LogP contribution in [0.3, 0.4) is 0 Å². The van der Waals surface area contributed by atoms with Crippen molar-refractivity contribution in [2.45, 2.75) is 0 Å². The largest absolute Gasteiger partial charge is 0.497 e. The number of hydrogen-bond donors (Lipinski definition) is 1. The van der Waals surface area contributed by atoms with E-state index in [9.17, 15) is 0 Å². The van der Waals surface area contributed by atoms with Crippen LogP contribution in [0.15, 0.2) is 24.3 Å². The molecule has 1 rings (SSSR count). The highest BCUT2D eigenvalue weighted by atomic mass is 35.5. The molecule has 10 heavy (non-hydrogen) atoms. The van der Waals surface area contributed by atoms with Gasteiger partial charge in [0.1, 0.15) is 5.75 Å². The van der Waals surface area contributed by atoms with Crippen LogP contribution in [0.1, 0.15) is 4.11 Å². The van der Waals surface area contributed by atoms with E-state index in [4.69, 9.17) is 9.85 Å². The van der Waals surface area contributed by atoms with E-state index in [0.29, 0.717) is 5.69 Å². The van der Waals surface area contributed by atoms with Gasteiger partial charge in [-0.1, -0.05) is 6.07 Å². The lowest BCUT2D eigenvalue weighted by Crippen LogP contribution is -1.86. The van der Waals surface area contributed by atoms with Crippen molar-refractivity contribution in [1.29, 1.82) is 0 Å². The molecule has 1 aromatic rings. The maximum atomic E-state index is 6.81. The predicted octanol–water partition coefficient (Wildman–Crippen LogP) is 1.70. The van der Waals surface area contributed by atoms with E-state index in [2.05, 4.69) is 4.74 Å². The molecule has 0 aliphatic heterocycles. The molecule has 1 aromatic carbocycles. The second-order valence-electron chi connectivity index (χ2n) is 1.67. The predicted molar refractivity (Wildman–Crippen MR) is 44.7 cm³/mol. The molecular formula is C7H10ClNO. The summed E-state index contributed by atoms with van der Waals surface area (Å²) >= 11 is 0. The van der Waals surface area contributed by atoms with E-state index in [1.165, 1.54) is 6.07 Å². The van der Waals surface area contributed by atoms with E-state index in [1.54, 1.807) is 18.2 Å². The standard InChI is InChI=1S/C7H9NO.ClH/c1-9-7-4-2-3-6(8)5-7;/h2-5H,8H2,1H3;1H/i1D3;. The Labute approximate surface area is 70.6 Å². The second kappa shape index (κ2) is 4.01. The molecule has 0 saturated carbocycles. The van der Waals surface area contributed by atoms with Crippen LogP contribution in [0.5, 0.6) is 5.75 Å². The summed E-state index contributed by atoms with van der Waals surface area (Å²) in [6, 6.07) is 6.30. The molecule has 0 saturated heterocycles. The first kappa shape index (κ1) is 4.85. The smallest absolute Gasteiger partial charge is 0.120 e. The van der Waals surface area contributed by atoms with Crippen molar-refractivity contribution in [2.24, 2.45) is 0 Å². The summed E-state index contributed by atoms with van der Waals surface area (Å²) in [5.41, 5.74) is 5.90. The lowest BCUT2D eigenvalue weighted by molar-refractivity contribution is 0.415. The Bertz CT molecular complexity index is 277. The van der Waals surface area contributed by atoms with E-state index in [0.717, 1.165) is 0 Å². The van der Waals surface area contributed by atoms with Crippen molar-refractivity contribution in [3.05, 3.63) is 24.3 Å². The van der Waals surface area contributed by atoms with E-state index >= 15 is 0 Å². The van der Waals surface area contributed by atoms with Crippen molar-refractivity contribution >= 4 is 18.1 Å². The van der Waals surface area contributed by atoms with Crippen LogP contribution in [0.2, 0.25) is 0 Å². The molecular weight excluding hydrogens is 150 g/mol. The Morgan fingerprint density at radius 2 is 2.40 bits per heavy atom. The fourth-order valence-electron chi connectivity index (χ4n) is 0.578. The number of methoxy groups -OCH3 is 1. The van der Waals surface area contributed by atoms with Crippen molar-refractivity contribution < 1.29 is 8.85 Å². The minimum Gasteiger partial charge on any atom is -0.497 e. The normalized spacial score (nSPS) is 13.8. The molecule has 0 radical (unpaired) electrons. The third-order valence-corrected chi connectivity index (χ3v) is 0.976. The Kier molecular flexibility index (Phi) is 1.95. The summed E-state index contributed by atoms with van der Waals surface area (Å²) in [4.78, 5) is 0. The number of halogens is 1. The van der Waals surface area contributed by atoms with Crippen LogP contribution in [0, 0.1) is 0 Å². The summed E-state index contributed by atoms with van der Waals surface area (Å²) in [5.74, 6) is 0.259. The minimum absolute atomic E-state index is 0. The molecule has 2 N–H and O–H groups in total. The maximum Gasteiger partial charge on any atom is 0.120 e. The number of anilines is 1. The van der Waals surface area contributed by atoms with Gasteiger partial charge in [0.05, 0.1) is 11.2 Å². The highest BCUT2D eigenvalue weighted by Crippen LogP contribution is 2.12. The SMILES string of the molecule is Cl.[2H]C([2H])([2H])Oc1cccc(N)c1. The Hall–Kier alpha value is -0.890. The maximum absolute atomic E-state index is 6.81. The van der Waals surface area contributed by atoms with Crippen molar-refractivity contribution in [3.8, 4) is 5.75 Å². The summed E-state index contributed by atoms with van der Waals surface area (Å²) in [6.07, 6.45) is 0. The molecule has 0 aromatic heterocycles. The molecule has 0 aliphatic carbocycles. The van der Waals surface area contributed by atoms with Crippen LogP contribution in [0.25, 0.3) is 0 Å². The third kappa shape index (κ3) is 2.15. The highest BCUT2D eigenvalue weighted by molar-refractivity contribution is 5.85. The monoisotopic (exact) mass is 162 g/mol. The number of hydrogen-bond acceptors (Lipinski definition) is 2. The lowest BCUT2D eigenvalue weighted by Gasteiger charge is -1.97. The van der Waals surface area contributed by atoms with Gasteiger partial charge in [-0.3, -0.25) is 0 Å². The molecule has 0 spiro atoms. The zero-order valence-corrected chi connectivity index (χ0v) is 6.02. The number of nitrogen functional groups attached to an aromatic ring is 1. The van der Waals surface area contributed by atoms with Crippen LogP contribution in [0.4, 0.5) is 5.69 Å². The van der Waals surface area contributed by atoms with Gasteiger partial charge in [0.25, 0.3) is 0 Å². The summed E-state index contributed by atoms with van der Waals surface area (Å²) in [7, 11) is -2.41. The van der Waals surface area contributed by atoms with Gasteiger partial charge in [0.2, 0.25) is 0 Å². The number of nitrogens with two attached hydrogens (primary N) is 1. The third-order valence-electron chi connectivity index (χ3n) is 0.976. The molecule has 0 heterocycles. The summed E-state index contributed by atoms with van der Waals surface area (Å²) < 4.78 is 25.0. The van der Waals surface area contributed by atoms with Gasteiger partial charge in [-0.25, -0.2) is 0 Å². The average molecular weight is 163 g/mol. The summed E-state index contributed by atoms with van der Waals surface area (Å²) in [5, 5.41) is 0. The Morgan fingerprint density at radius 1 is 1.60 bits per heavy atom. The van der Waals surface area contributed by atoms with Gasteiger partial charge >= 0.3 is 0 Å². The van der Waals surface area contributed by atoms with Gasteiger partial charge in [-0.05, 0) is 12.1 Å². The van der Waals surface area contributed by atoms with E-state index in [-0.39, 0.29) is 18.2 Å². The quantitative estimate of drug-likeness (QED) is 0.638. The second-order valence-corrected chi connectivity index (χ2v) is 1.67. The van der Waals surface area contributed by atoms with Gasteiger partial charge in [0.15, 0.2) is 0 Å². The number of benzene rings is 1. The molecule has 56 valence electrons. The number of rotatable bonds is 1. The van der Waals surface area contributed by atoms with Crippen molar-refractivity contribution in [1.82, 2.24) is 0 Å². The van der Waals surface area contributed by atoms with Crippen LogP contribution >= 0.6 is 12.4 Å². The first-order valence-corrected chi connectivity index (χ1v) is 2.52.